The predicted molar refractivity (Wildman–Crippen MR) is 218 cm³/mol. The lowest BCUT2D eigenvalue weighted by molar-refractivity contribution is -0.144. The molecule has 57 heavy (non-hydrogen) atoms. The number of hydrogen-bond acceptors (Lipinski definition) is 8. The zero-order chi connectivity index (χ0) is 40.7. The van der Waals surface area contributed by atoms with Gasteiger partial charge in [0, 0.05) is 49.2 Å². The molecule has 2 bridgehead atoms. The Balaban J connectivity index is 1.48. The predicted octanol–water partition coefficient (Wildman–Crippen LogP) is 3.34. The van der Waals surface area contributed by atoms with Gasteiger partial charge in [-0.15, -0.1) is 11.3 Å². The maximum atomic E-state index is 14.3. The number of ketones is 1. The smallest absolute Gasteiger partial charge is 0.307 e. The molecule has 3 heterocycles. The Morgan fingerprint density at radius 2 is 1.37 bits per heavy atom. The van der Waals surface area contributed by atoms with E-state index in [0.29, 0.717) is 16.8 Å². The van der Waals surface area contributed by atoms with Crippen LogP contribution in [0.25, 0.3) is 11.1 Å². The fourth-order valence-electron chi connectivity index (χ4n) is 6.47. The number of aliphatic carboxylic acids is 1. The molecule has 0 aliphatic carbocycles. The summed E-state index contributed by atoms with van der Waals surface area (Å²) in [6.45, 7) is 0.158. The summed E-state index contributed by atoms with van der Waals surface area (Å²) >= 11 is 1.40. The number of carbonyl (C=O) groups excluding carboxylic acids is 5. The molecule has 4 atom stereocenters. The summed E-state index contributed by atoms with van der Waals surface area (Å²) in [5.74, 6) is -5.27. The van der Waals surface area contributed by atoms with Crippen molar-refractivity contribution in [3.8, 4) is 11.1 Å². The van der Waals surface area contributed by atoms with Crippen molar-refractivity contribution in [3.63, 3.8) is 0 Å². The molecule has 0 spiro atoms. The number of aliphatic imine (C=N–C) groups is 1. The average Bonchev–Trinajstić information content (AvgIpc) is 3.71. The van der Waals surface area contributed by atoms with Crippen molar-refractivity contribution in [2.24, 2.45) is 22.4 Å². The number of carboxylic acid groups (broad SMARTS) is 1. The van der Waals surface area contributed by atoms with E-state index in [-0.39, 0.29) is 57.5 Å². The Hall–Kier alpha value is -6.35. The van der Waals surface area contributed by atoms with Crippen LogP contribution in [0, 0.1) is 5.92 Å². The molecule has 9 N–H and O–H groups in total. The normalized spacial score (nSPS) is 20.0. The molecule has 0 unspecified atom stereocenters. The topological polar surface area (TPSA) is 235 Å². The minimum atomic E-state index is -1.22. The Morgan fingerprint density at radius 3 is 2.02 bits per heavy atom. The summed E-state index contributed by atoms with van der Waals surface area (Å²) in [6, 6.07) is 24.0. The number of fused-ring (bicyclic) bond motifs is 18. The Morgan fingerprint density at radius 1 is 0.719 bits per heavy atom. The number of amides is 4. The van der Waals surface area contributed by atoms with Crippen LogP contribution in [0.5, 0.6) is 0 Å². The molecule has 14 nitrogen and oxygen atoms in total. The fraction of sp³-hybridized carbons (Fsp3) is 0.310. The van der Waals surface area contributed by atoms with E-state index >= 15 is 0 Å². The molecule has 0 radical (unpaired) electrons. The van der Waals surface area contributed by atoms with Gasteiger partial charge in [0.15, 0.2) is 11.7 Å². The molecular formula is C42H47N7O7S. The average molecular weight is 794 g/mol. The van der Waals surface area contributed by atoms with Crippen molar-refractivity contribution in [3.05, 3.63) is 112 Å². The highest BCUT2D eigenvalue weighted by Gasteiger charge is 2.32. The SMILES string of the molecule is NC(N)=NCCC[C@@H]1NC(=O)[C@H](Cc2ccc(-c3ccccc3)cc2)NC(=O)[C@@H](Cc2cccs2)NC(=O)CCC(=O)Nc2ccc(cc2)C[C@@H](C(=O)O)CC1=O. The van der Waals surface area contributed by atoms with Crippen molar-refractivity contribution in [1.82, 2.24) is 16.0 Å². The number of hydrogen-bond donors (Lipinski definition) is 7. The van der Waals surface area contributed by atoms with Crippen LogP contribution in [0.15, 0.2) is 101 Å². The van der Waals surface area contributed by atoms with Crippen LogP contribution in [0.1, 0.15) is 48.1 Å². The minimum absolute atomic E-state index is 0.00737. The number of nitrogens with zero attached hydrogens (tertiary/aromatic N) is 1. The first-order valence-corrected chi connectivity index (χ1v) is 19.6. The maximum absolute atomic E-state index is 14.3. The summed E-state index contributed by atoms with van der Waals surface area (Å²) in [5.41, 5.74) is 14.7. The van der Waals surface area contributed by atoms with Crippen molar-refractivity contribution >= 4 is 58.4 Å². The third-order valence-electron chi connectivity index (χ3n) is 9.52. The van der Waals surface area contributed by atoms with E-state index in [1.807, 2.05) is 72.1 Å². The second-order valence-corrected chi connectivity index (χ2v) is 14.9. The summed E-state index contributed by atoms with van der Waals surface area (Å²) in [7, 11) is 0. The lowest BCUT2D eigenvalue weighted by Crippen LogP contribution is -2.57. The fourth-order valence-corrected chi connectivity index (χ4v) is 7.22. The molecule has 15 heteroatoms. The number of rotatable bonds is 10. The lowest BCUT2D eigenvalue weighted by Gasteiger charge is -2.26. The number of benzene rings is 3. The molecule has 1 aromatic heterocycles. The lowest BCUT2D eigenvalue weighted by atomic mass is 9.90. The van der Waals surface area contributed by atoms with Gasteiger partial charge in [-0.2, -0.15) is 0 Å². The van der Waals surface area contributed by atoms with Gasteiger partial charge in [0.2, 0.25) is 23.6 Å². The van der Waals surface area contributed by atoms with E-state index in [0.717, 1.165) is 16.0 Å². The van der Waals surface area contributed by atoms with Gasteiger partial charge in [-0.1, -0.05) is 72.8 Å². The Labute approximate surface area is 334 Å². The van der Waals surface area contributed by atoms with E-state index in [4.69, 9.17) is 11.5 Å². The molecule has 298 valence electrons. The number of carbonyl (C=O) groups is 6. The third kappa shape index (κ3) is 13.1. The van der Waals surface area contributed by atoms with E-state index < -0.39 is 65.8 Å². The molecule has 0 saturated heterocycles. The van der Waals surface area contributed by atoms with E-state index in [9.17, 15) is 33.9 Å². The van der Waals surface area contributed by atoms with Crippen LogP contribution in [-0.4, -0.2) is 71.1 Å². The number of Topliss-reactive ketones (excluding diaryl/α,β-unsaturated/α-hetero) is 1. The van der Waals surface area contributed by atoms with E-state index in [2.05, 4.69) is 26.3 Å². The number of carboxylic acids is 1. The first kappa shape index (κ1) is 41.8. The number of guanidine groups is 1. The van der Waals surface area contributed by atoms with Gasteiger partial charge >= 0.3 is 5.97 Å². The monoisotopic (exact) mass is 793 g/mol. The van der Waals surface area contributed by atoms with Gasteiger partial charge in [0.25, 0.3) is 0 Å². The molecule has 0 fully saturated rings. The molecule has 6 rings (SSSR count). The maximum Gasteiger partial charge on any atom is 0.307 e. The van der Waals surface area contributed by atoms with E-state index in [1.165, 1.54) is 11.3 Å². The zero-order valence-electron chi connectivity index (χ0n) is 31.3. The Kier molecular flexibility index (Phi) is 15.1. The molecule has 4 amide bonds. The second-order valence-electron chi connectivity index (χ2n) is 13.9. The molecular weight excluding hydrogens is 747 g/mol. The standard InChI is InChI=1S/C42H47N7O7S/c43-42(44)45-20-4-9-33-36(50)24-30(41(55)56)22-26-12-16-31(17-13-26)46-37(51)18-19-38(52)47-35(25-32-8-5-21-57-32)40(54)49-34(39(53)48-33)23-27-10-14-29(15-11-27)28-6-2-1-3-7-28/h1-3,5-8,10-17,21,30,33-35H,4,9,18-20,22-25H2,(H,46,51)(H,47,52)(H,48,53)(H,49,54)(H,55,56)(H4,43,44,45)/t30-,33+,34+,35-/m1/s1. The second kappa shape index (κ2) is 20.5. The molecule has 2 aliphatic rings. The van der Waals surface area contributed by atoms with Crippen LogP contribution in [0.3, 0.4) is 0 Å². The highest BCUT2D eigenvalue weighted by molar-refractivity contribution is 7.09. The van der Waals surface area contributed by atoms with Gasteiger partial charge in [-0.3, -0.25) is 33.8 Å². The number of nitrogens with one attached hydrogen (secondary N) is 4. The highest BCUT2D eigenvalue weighted by atomic mass is 32.1. The van der Waals surface area contributed by atoms with Gasteiger partial charge in [-0.25, -0.2) is 0 Å². The zero-order valence-corrected chi connectivity index (χ0v) is 32.1. The summed E-state index contributed by atoms with van der Waals surface area (Å²) < 4.78 is 0. The molecule has 4 aromatic rings. The van der Waals surface area contributed by atoms with Gasteiger partial charge in [-0.05, 0) is 65.1 Å². The van der Waals surface area contributed by atoms with Crippen molar-refractivity contribution < 1.29 is 33.9 Å². The number of thiophene rings is 1. The molecule has 0 saturated carbocycles. The Bertz CT molecular complexity index is 2030. The largest absolute Gasteiger partial charge is 0.481 e. The van der Waals surface area contributed by atoms with Crippen LogP contribution in [0.4, 0.5) is 5.69 Å². The van der Waals surface area contributed by atoms with Crippen LogP contribution < -0.4 is 32.7 Å². The van der Waals surface area contributed by atoms with Crippen molar-refractivity contribution in [1.29, 1.82) is 0 Å². The third-order valence-corrected chi connectivity index (χ3v) is 10.4. The molecule has 3 aromatic carbocycles. The van der Waals surface area contributed by atoms with Gasteiger partial charge < -0.3 is 37.8 Å². The van der Waals surface area contributed by atoms with Gasteiger partial charge in [0.05, 0.1) is 12.0 Å². The van der Waals surface area contributed by atoms with Crippen molar-refractivity contribution in [2.45, 2.75) is 69.5 Å². The highest BCUT2D eigenvalue weighted by Crippen LogP contribution is 2.22. The van der Waals surface area contributed by atoms with E-state index in [1.54, 1.807) is 24.3 Å². The summed E-state index contributed by atoms with van der Waals surface area (Å²) in [4.78, 5) is 85.5. The first-order valence-electron chi connectivity index (χ1n) is 18.7. The van der Waals surface area contributed by atoms with Gasteiger partial charge in [0.1, 0.15) is 12.1 Å². The summed E-state index contributed by atoms with van der Waals surface area (Å²) in [5, 5.41) is 23.1. The van der Waals surface area contributed by atoms with Crippen LogP contribution >= 0.6 is 11.3 Å². The van der Waals surface area contributed by atoms with Crippen LogP contribution in [-0.2, 0) is 48.0 Å². The van der Waals surface area contributed by atoms with Crippen molar-refractivity contribution in [2.75, 3.05) is 11.9 Å². The minimum Gasteiger partial charge on any atom is -0.481 e. The molecule has 2 aliphatic heterocycles. The number of nitrogens with two attached hydrogens (primary N) is 2. The first-order chi connectivity index (χ1) is 27.4. The van der Waals surface area contributed by atoms with Crippen LogP contribution in [0.2, 0.25) is 0 Å². The summed E-state index contributed by atoms with van der Waals surface area (Å²) in [6.07, 6.45) is -0.247. The quantitative estimate of drug-likeness (QED) is 0.0539. The number of anilines is 1.